The number of carbonyl (C=O) groups is 1. The third kappa shape index (κ3) is 4.63. The van der Waals surface area contributed by atoms with Crippen molar-refractivity contribution >= 4 is 34.8 Å². The van der Waals surface area contributed by atoms with Crippen LogP contribution in [-0.2, 0) is 0 Å². The van der Waals surface area contributed by atoms with Gasteiger partial charge in [0.2, 0.25) is 0 Å². The summed E-state index contributed by atoms with van der Waals surface area (Å²) < 4.78 is 0. The lowest BCUT2D eigenvalue weighted by molar-refractivity contribution is -0.384. The van der Waals surface area contributed by atoms with Crippen molar-refractivity contribution < 1.29 is 9.72 Å². The Morgan fingerprint density at radius 1 is 1.40 bits per heavy atom. The summed E-state index contributed by atoms with van der Waals surface area (Å²) in [6.07, 6.45) is 0.780. The molecule has 0 unspecified atom stereocenters. The Balaban J connectivity index is 2.76. The summed E-state index contributed by atoms with van der Waals surface area (Å²) in [6.45, 7) is 1.31. The molecule has 0 bridgehead atoms. The van der Waals surface area contributed by atoms with E-state index in [0.717, 1.165) is 19.0 Å². The van der Waals surface area contributed by atoms with Gasteiger partial charge in [-0.1, -0.05) is 23.2 Å². The SMILES string of the molecule is CN(C)CCCNC(=O)c1cc(Cl)c(Cl)c([N+](=O)[O-])c1. The van der Waals surface area contributed by atoms with Crippen LogP contribution in [0.25, 0.3) is 0 Å². The highest BCUT2D eigenvalue weighted by atomic mass is 35.5. The van der Waals surface area contributed by atoms with E-state index in [1.165, 1.54) is 6.07 Å². The molecule has 8 heteroatoms. The van der Waals surface area contributed by atoms with Crippen LogP contribution in [0.5, 0.6) is 0 Å². The molecule has 1 aromatic rings. The van der Waals surface area contributed by atoms with E-state index in [1.807, 2.05) is 19.0 Å². The van der Waals surface area contributed by atoms with Crippen LogP contribution in [0.15, 0.2) is 12.1 Å². The minimum absolute atomic E-state index is 0.0145. The molecule has 1 aromatic carbocycles. The van der Waals surface area contributed by atoms with E-state index in [0.29, 0.717) is 6.54 Å². The molecule has 0 aromatic heterocycles. The number of nitro groups is 1. The molecule has 1 amide bonds. The highest BCUT2D eigenvalue weighted by Gasteiger charge is 2.19. The zero-order valence-corrected chi connectivity index (χ0v) is 12.7. The molecule has 0 atom stereocenters. The maximum absolute atomic E-state index is 11.9. The summed E-state index contributed by atoms with van der Waals surface area (Å²) in [5.41, 5.74) is -0.256. The van der Waals surface area contributed by atoms with Crippen molar-refractivity contribution in [1.29, 1.82) is 0 Å². The summed E-state index contributed by atoms with van der Waals surface area (Å²) in [7, 11) is 3.87. The average molecular weight is 320 g/mol. The molecule has 0 heterocycles. The Labute approximate surface area is 126 Å². The van der Waals surface area contributed by atoms with Gasteiger partial charge in [0.25, 0.3) is 11.6 Å². The second-order valence-corrected chi connectivity index (χ2v) is 5.25. The van der Waals surface area contributed by atoms with Gasteiger partial charge in [-0.05, 0) is 33.1 Å². The lowest BCUT2D eigenvalue weighted by Crippen LogP contribution is -2.27. The van der Waals surface area contributed by atoms with E-state index in [9.17, 15) is 14.9 Å². The van der Waals surface area contributed by atoms with Crippen molar-refractivity contribution in [1.82, 2.24) is 10.2 Å². The summed E-state index contributed by atoms with van der Waals surface area (Å²) in [6, 6.07) is 2.44. The van der Waals surface area contributed by atoms with Gasteiger partial charge in [0.1, 0.15) is 5.02 Å². The highest BCUT2D eigenvalue weighted by Crippen LogP contribution is 2.32. The second-order valence-electron chi connectivity index (χ2n) is 4.46. The molecular formula is C12H15Cl2N3O3. The van der Waals surface area contributed by atoms with Gasteiger partial charge in [0.05, 0.1) is 9.95 Å². The number of hydrogen-bond donors (Lipinski definition) is 1. The lowest BCUT2D eigenvalue weighted by atomic mass is 10.2. The Bertz CT molecular complexity index is 521. The van der Waals surface area contributed by atoms with Crippen molar-refractivity contribution in [3.05, 3.63) is 37.9 Å². The van der Waals surface area contributed by atoms with E-state index in [4.69, 9.17) is 23.2 Å². The number of carbonyl (C=O) groups excluding carboxylic acids is 1. The smallest absolute Gasteiger partial charge is 0.290 e. The molecule has 0 fully saturated rings. The quantitative estimate of drug-likeness (QED) is 0.496. The summed E-state index contributed by atoms with van der Waals surface area (Å²) >= 11 is 11.5. The van der Waals surface area contributed by atoms with Crippen molar-refractivity contribution in [2.45, 2.75) is 6.42 Å². The fraction of sp³-hybridized carbons (Fsp3) is 0.417. The highest BCUT2D eigenvalue weighted by molar-refractivity contribution is 6.43. The van der Waals surface area contributed by atoms with E-state index in [1.54, 1.807) is 0 Å². The largest absolute Gasteiger partial charge is 0.352 e. The van der Waals surface area contributed by atoms with Gasteiger partial charge >= 0.3 is 0 Å². The third-order valence-electron chi connectivity index (χ3n) is 2.54. The predicted molar refractivity (Wildman–Crippen MR) is 78.6 cm³/mol. The summed E-state index contributed by atoms with van der Waals surface area (Å²) in [5.74, 6) is -0.412. The third-order valence-corrected chi connectivity index (χ3v) is 3.33. The van der Waals surface area contributed by atoms with Crippen LogP contribution in [0, 0.1) is 10.1 Å². The number of nitrogens with zero attached hydrogens (tertiary/aromatic N) is 2. The zero-order chi connectivity index (χ0) is 15.3. The number of amides is 1. The van der Waals surface area contributed by atoms with Crippen LogP contribution in [0.2, 0.25) is 10.0 Å². The fourth-order valence-corrected chi connectivity index (χ4v) is 1.93. The van der Waals surface area contributed by atoms with Gasteiger partial charge in [-0.3, -0.25) is 14.9 Å². The van der Waals surface area contributed by atoms with Gasteiger partial charge in [0, 0.05) is 18.2 Å². The number of hydrogen-bond acceptors (Lipinski definition) is 4. The first-order valence-corrected chi connectivity index (χ1v) is 6.65. The Kier molecular flexibility index (Phi) is 6.19. The molecule has 0 saturated carbocycles. The number of halogens is 2. The van der Waals surface area contributed by atoms with Crippen molar-refractivity contribution in [2.24, 2.45) is 0 Å². The number of nitrogens with one attached hydrogen (secondary N) is 1. The average Bonchev–Trinajstić information content (AvgIpc) is 2.36. The molecule has 1 rings (SSSR count). The van der Waals surface area contributed by atoms with Gasteiger partial charge in [0.15, 0.2) is 0 Å². The molecule has 0 radical (unpaired) electrons. The maximum Gasteiger partial charge on any atom is 0.290 e. The number of rotatable bonds is 6. The molecule has 0 aliphatic rings. The first kappa shape index (κ1) is 16.7. The van der Waals surface area contributed by atoms with Crippen LogP contribution in [0.3, 0.4) is 0 Å². The van der Waals surface area contributed by atoms with E-state index in [-0.39, 0.29) is 21.3 Å². The van der Waals surface area contributed by atoms with Gasteiger partial charge in [-0.25, -0.2) is 0 Å². The molecule has 0 aliphatic carbocycles. The van der Waals surface area contributed by atoms with Crippen LogP contribution in [-0.4, -0.2) is 42.9 Å². The van der Waals surface area contributed by atoms with E-state index < -0.39 is 10.8 Å². The summed E-state index contributed by atoms with van der Waals surface area (Å²) in [5, 5.41) is 13.3. The van der Waals surface area contributed by atoms with E-state index >= 15 is 0 Å². The molecule has 0 spiro atoms. The normalized spacial score (nSPS) is 10.7. The molecule has 110 valence electrons. The second kappa shape index (κ2) is 7.42. The van der Waals surface area contributed by atoms with Gasteiger partial charge in [-0.2, -0.15) is 0 Å². The monoisotopic (exact) mass is 319 g/mol. The minimum Gasteiger partial charge on any atom is -0.352 e. The first-order valence-electron chi connectivity index (χ1n) is 5.89. The van der Waals surface area contributed by atoms with Crippen molar-refractivity contribution in [2.75, 3.05) is 27.2 Å². The van der Waals surface area contributed by atoms with E-state index in [2.05, 4.69) is 5.32 Å². The van der Waals surface area contributed by atoms with Crippen LogP contribution < -0.4 is 5.32 Å². The summed E-state index contributed by atoms with van der Waals surface area (Å²) in [4.78, 5) is 24.0. The molecule has 6 nitrogen and oxygen atoms in total. The molecule has 1 N–H and O–H groups in total. The van der Waals surface area contributed by atoms with Gasteiger partial charge in [-0.15, -0.1) is 0 Å². The molecule has 0 saturated heterocycles. The molecule has 20 heavy (non-hydrogen) atoms. The Morgan fingerprint density at radius 2 is 2.05 bits per heavy atom. The predicted octanol–water partition coefficient (Wildman–Crippen LogP) is 2.58. The standard InChI is InChI=1S/C12H15Cl2N3O3/c1-16(2)5-3-4-15-12(18)8-6-9(13)11(14)10(7-8)17(19)20/h6-7H,3-5H2,1-2H3,(H,15,18). The lowest BCUT2D eigenvalue weighted by Gasteiger charge is -2.10. The zero-order valence-electron chi connectivity index (χ0n) is 11.2. The Hall–Kier alpha value is -1.37. The van der Waals surface area contributed by atoms with Crippen molar-refractivity contribution in [3.8, 4) is 0 Å². The van der Waals surface area contributed by atoms with Crippen molar-refractivity contribution in [3.63, 3.8) is 0 Å². The first-order chi connectivity index (χ1) is 9.32. The number of benzene rings is 1. The van der Waals surface area contributed by atoms with Crippen LogP contribution >= 0.6 is 23.2 Å². The van der Waals surface area contributed by atoms with Crippen LogP contribution in [0.1, 0.15) is 16.8 Å². The maximum atomic E-state index is 11.9. The van der Waals surface area contributed by atoms with Crippen LogP contribution in [0.4, 0.5) is 5.69 Å². The number of nitro benzene ring substituents is 1. The molecule has 0 aliphatic heterocycles. The minimum atomic E-state index is -0.670. The fourth-order valence-electron chi connectivity index (χ4n) is 1.54. The van der Waals surface area contributed by atoms with Gasteiger partial charge < -0.3 is 10.2 Å². The topological polar surface area (TPSA) is 75.5 Å². The molecular weight excluding hydrogens is 305 g/mol. The Morgan fingerprint density at radius 3 is 2.60 bits per heavy atom.